The summed E-state index contributed by atoms with van der Waals surface area (Å²) in [6.45, 7) is 0. The summed E-state index contributed by atoms with van der Waals surface area (Å²) in [5.41, 5.74) is 0.330. The highest BCUT2D eigenvalue weighted by molar-refractivity contribution is 9.10. The molecule has 210 valence electrons. The Morgan fingerprint density at radius 2 is 1.00 bits per heavy atom. The van der Waals surface area contributed by atoms with Gasteiger partial charge in [-0.3, -0.25) is 0 Å². The molecule has 0 aliphatic heterocycles. The molecule has 0 N–H and O–H groups in total. The van der Waals surface area contributed by atoms with Crippen molar-refractivity contribution < 1.29 is 74.6 Å². The number of unbranched alkanes of at least 4 members (excludes halogenated alkanes) is 1. The molecule has 0 unspecified atom stereocenters. The zero-order chi connectivity index (χ0) is 28.8. The van der Waals surface area contributed by atoms with E-state index in [0.717, 1.165) is 0 Å². The molecule has 1 aromatic heterocycles. The molecule has 0 saturated carbocycles. The van der Waals surface area contributed by atoms with Crippen molar-refractivity contribution in [3.05, 3.63) is 28.5 Å². The van der Waals surface area contributed by atoms with Gasteiger partial charge in [-0.05, 0) is 52.9 Å². The van der Waals surface area contributed by atoms with Crippen LogP contribution in [0.5, 0.6) is 0 Å². The quantitative estimate of drug-likeness (QED) is 0.135. The van der Waals surface area contributed by atoms with Gasteiger partial charge < -0.3 is 0 Å². The van der Waals surface area contributed by atoms with E-state index < -0.39 is 66.9 Å². The molecule has 0 saturated heterocycles. The maximum atomic E-state index is 13.8. The highest BCUT2D eigenvalue weighted by Gasteiger charge is 2.95. The number of halogens is 18. The second kappa shape index (κ2) is 9.63. The first kappa shape index (κ1) is 32.5. The van der Waals surface area contributed by atoms with E-state index in [-0.39, 0.29) is 11.0 Å². The van der Waals surface area contributed by atoms with Crippen molar-refractivity contribution in [3.63, 3.8) is 0 Å². The predicted octanol–water partition coefficient (Wildman–Crippen LogP) is 8.57. The van der Waals surface area contributed by atoms with Gasteiger partial charge >= 0.3 is 47.6 Å². The third-order valence-corrected chi connectivity index (χ3v) is 5.22. The number of aryl methyl sites for hydroxylation is 1. The van der Waals surface area contributed by atoms with E-state index in [1.165, 1.54) is 18.3 Å². The molecule has 0 radical (unpaired) electrons. The van der Waals surface area contributed by atoms with Crippen LogP contribution in [0.15, 0.2) is 22.9 Å². The van der Waals surface area contributed by atoms with Gasteiger partial charge in [-0.2, -0.15) is 74.6 Å². The Hall–Kier alpha value is -1.56. The molecular weight excluding hydrogens is 621 g/mol. The normalized spacial score (nSPS) is 15.4. The first-order valence-electron chi connectivity index (χ1n) is 9.04. The fourth-order valence-electron chi connectivity index (χ4n) is 2.63. The molecule has 19 heteroatoms. The molecular formula is C17H11BrF17N. The van der Waals surface area contributed by atoms with Gasteiger partial charge in [0.05, 0.1) is 0 Å². The van der Waals surface area contributed by atoms with E-state index >= 15 is 0 Å². The predicted molar refractivity (Wildman–Crippen MR) is 90.2 cm³/mol. The van der Waals surface area contributed by atoms with Crippen LogP contribution < -0.4 is 0 Å². The van der Waals surface area contributed by atoms with E-state index in [9.17, 15) is 74.6 Å². The van der Waals surface area contributed by atoms with Crippen LogP contribution in [0.1, 0.15) is 24.8 Å². The standard InChI is InChI=1S/C17H11BrF17N/c18-9-7-8(4-6-36-9)3-1-2-5-10(19,20)11(21,22)12(23,24)13(25,26)14(27,28)15(29,30)16(31,32)17(33,34)35/h4,6-7H,1-3,5H2. The minimum absolute atomic E-state index is 0.202. The van der Waals surface area contributed by atoms with Crippen molar-refractivity contribution in [1.82, 2.24) is 4.98 Å². The Balaban J connectivity index is 3.24. The summed E-state index contributed by atoms with van der Waals surface area (Å²) in [4.78, 5) is 3.67. The maximum absolute atomic E-state index is 13.8. The first-order chi connectivity index (χ1) is 15.7. The van der Waals surface area contributed by atoms with Crippen LogP contribution in [0.2, 0.25) is 0 Å². The van der Waals surface area contributed by atoms with Gasteiger partial charge in [0.1, 0.15) is 4.60 Å². The summed E-state index contributed by atoms with van der Waals surface area (Å²) in [6.07, 6.45) is -10.9. The van der Waals surface area contributed by atoms with Crippen LogP contribution in [-0.4, -0.2) is 52.6 Å². The van der Waals surface area contributed by atoms with E-state index in [0.29, 0.717) is 5.56 Å². The Morgan fingerprint density at radius 1 is 0.583 bits per heavy atom. The molecule has 1 nitrogen and oxygen atoms in total. The molecule has 0 fully saturated rings. The fourth-order valence-corrected chi connectivity index (χ4v) is 3.04. The molecule has 0 aliphatic carbocycles. The van der Waals surface area contributed by atoms with E-state index in [4.69, 9.17) is 0 Å². The third kappa shape index (κ3) is 5.08. The van der Waals surface area contributed by atoms with Crippen LogP contribution >= 0.6 is 15.9 Å². The molecule has 0 aromatic carbocycles. The molecule has 0 aliphatic rings. The van der Waals surface area contributed by atoms with Crippen molar-refractivity contribution in [2.45, 2.75) is 73.3 Å². The zero-order valence-corrected chi connectivity index (χ0v) is 18.4. The van der Waals surface area contributed by atoms with E-state index in [1.807, 2.05) is 0 Å². The maximum Gasteiger partial charge on any atom is 0.460 e. The molecule has 1 aromatic rings. The number of pyridine rings is 1. The monoisotopic (exact) mass is 631 g/mol. The van der Waals surface area contributed by atoms with Crippen LogP contribution in [0.4, 0.5) is 74.6 Å². The summed E-state index contributed by atoms with van der Waals surface area (Å²) in [5.74, 6) is -56.0. The Kier molecular flexibility index (Phi) is 8.69. The van der Waals surface area contributed by atoms with Crippen molar-refractivity contribution in [2.24, 2.45) is 0 Å². The number of aromatic nitrogens is 1. The van der Waals surface area contributed by atoms with Gasteiger partial charge in [0.15, 0.2) is 0 Å². The summed E-state index contributed by atoms with van der Waals surface area (Å²) >= 11 is 2.91. The minimum atomic E-state index is -8.60. The second-order valence-electron chi connectivity index (χ2n) is 7.34. The highest BCUT2D eigenvalue weighted by Crippen LogP contribution is 2.64. The lowest BCUT2D eigenvalue weighted by atomic mass is 9.87. The molecule has 0 amide bonds. The summed E-state index contributed by atoms with van der Waals surface area (Å²) in [7, 11) is 0. The zero-order valence-electron chi connectivity index (χ0n) is 16.8. The van der Waals surface area contributed by atoms with E-state index in [2.05, 4.69) is 20.9 Å². The Labute approximate surface area is 198 Å². The summed E-state index contributed by atoms with van der Waals surface area (Å²) in [6, 6.07) is 2.60. The number of alkyl halides is 17. The number of hydrogen-bond donors (Lipinski definition) is 0. The van der Waals surface area contributed by atoms with Gasteiger partial charge in [-0.25, -0.2) is 4.98 Å². The van der Waals surface area contributed by atoms with Gasteiger partial charge in [-0.15, -0.1) is 0 Å². The number of nitrogens with zero attached hydrogens (tertiary/aromatic N) is 1. The van der Waals surface area contributed by atoms with Crippen LogP contribution in [0, 0.1) is 0 Å². The summed E-state index contributed by atoms with van der Waals surface area (Å²) in [5, 5.41) is 0. The molecule has 0 spiro atoms. The van der Waals surface area contributed by atoms with Gasteiger partial charge in [-0.1, -0.05) is 0 Å². The van der Waals surface area contributed by atoms with Crippen molar-refractivity contribution in [1.29, 1.82) is 0 Å². The van der Waals surface area contributed by atoms with Gasteiger partial charge in [0, 0.05) is 12.6 Å². The largest absolute Gasteiger partial charge is 0.460 e. The van der Waals surface area contributed by atoms with Crippen LogP contribution in [-0.2, 0) is 6.42 Å². The highest BCUT2D eigenvalue weighted by atomic mass is 79.9. The topological polar surface area (TPSA) is 12.9 Å². The average Bonchev–Trinajstić information content (AvgIpc) is 2.69. The van der Waals surface area contributed by atoms with Crippen molar-refractivity contribution in [3.8, 4) is 0 Å². The van der Waals surface area contributed by atoms with Crippen LogP contribution in [0.3, 0.4) is 0 Å². The molecule has 1 rings (SSSR count). The van der Waals surface area contributed by atoms with Gasteiger partial charge in [0.2, 0.25) is 0 Å². The van der Waals surface area contributed by atoms with Crippen LogP contribution in [0.25, 0.3) is 0 Å². The lowest BCUT2D eigenvalue weighted by molar-refractivity contribution is -0.461. The first-order valence-corrected chi connectivity index (χ1v) is 9.83. The second-order valence-corrected chi connectivity index (χ2v) is 8.15. The Bertz CT molecular complexity index is 909. The fraction of sp³-hybridized carbons (Fsp3) is 0.706. The minimum Gasteiger partial charge on any atom is -0.249 e. The molecule has 0 bridgehead atoms. The lowest BCUT2D eigenvalue weighted by Crippen LogP contribution is -2.74. The van der Waals surface area contributed by atoms with E-state index in [1.54, 1.807) is 0 Å². The van der Waals surface area contributed by atoms with Crippen molar-refractivity contribution in [2.75, 3.05) is 0 Å². The molecule has 0 atom stereocenters. The average molecular weight is 632 g/mol. The molecule has 1 heterocycles. The number of rotatable bonds is 11. The SMILES string of the molecule is FC(F)(F)C(F)(F)C(F)(F)C(F)(F)C(F)(F)C(F)(F)C(F)(F)C(F)(F)CCCCc1ccnc(Br)c1. The van der Waals surface area contributed by atoms with Crippen molar-refractivity contribution >= 4 is 15.9 Å². The number of hydrogen-bond acceptors (Lipinski definition) is 1. The lowest BCUT2D eigenvalue weighted by Gasteiger charge is -2.42. The smallest absolute Gasteiger partial charge is 0.249 e. The Morgan fingerprint density at radius 3 is 1.42 bits per heavy atom. The van der Waals surface area contributed by atoms with Gasteiger partial charge in [0.25, 0.3) is 0 Å². The molecule has 36 heavy (non-hydrogen) atoms. The summed E-state index contributed by atoms with van der Waals surface area (Å²) < 4.78 is 224. The third-order valence-electron chi connectivity index (χ3n) is 4.78.